The van der Waals surface area contributed by atoms with E-state index in [-0.39, 0.29) is 17.9 Å². The number of amides is 1. The quantitative estimate of drug-likeness (QED) is 0.867. The highest BCUT2D eigenvalue weighted by molar-refractivity contribution is 5.78. The summed E-state index contributed by atoms with van der Waals surface area (Å²) < 4.78 is 11.1. The number of aliphatic hydroxyl groups excluding tert-OH is 1. The van der Waals surface area contributed by atoms with Crippen LogP contribution in [0.2, 0.25) is 0 Å². The van der Waals surface area contributed by atoms with E-state index in [0.717, 1.165) is 11.3 Å². The summed E-state index contributed by atoms with van der Waals surface area (Å²) in [5.74, 6) is 0.888. The fourth-order valence-corrected chi connectivity index (χ4v) is 3.27. The van der Waals surface area contributed by atoms with Crippen LogP contribution < -0.4 is 4.74 Å². The molecule has 0 bridgehead atoms. The second-order valence-electron chi connectivity index (χ2n) is 6.73. The third kappa shape index (κ3) is 4.71. The fourth-order valence-electron chi connectivity index (χ4n) is 3.27. The van der Waals surface area contributed by atoms with Crippen molar-refractivity contribution in [3.63, 3.8) is 0 Å². The molecular weight excluding hydrogens is 306 g/mol. The molecular formula is C19H29NO4. The van der Waals surface area contributed by atoms with E-state index in [1.807, 2.05) is 19.1 Å². The first-order chi connectivity index (χ1) is 11.4. The number of methoxy groups -OCH3 is 1. The number of hydrogen-bond donors (Lipinski definition) is 1. The zero-order valence-electron chi connectivity index (χ0n) is 15.1. The number of rotatable bonds is 6. The lowest BCUT2D eigenvalue weighted by Crippen LogP contribution is -2.43. The molecule has 1 fully saturated rings. The van der Waals surface area contributed by atoms with Crippen molar-refractivity contribution in [2.75, 3.05) is 27.3 Å². The molecule has 1 aliphatic carbocycles. The van der Waals surface area contributed by atoms with Crippen molar-refractivity contribution in [2.45, 2.75) is 45.3 Å². The van der Waals surface area contributed by atoms with Gasteiger partial charge >= 0.3 is 0 Å². The van der Waals surface area contributed by atoms with Gasteiger partial charge in [0.15, 0.2) is 0 Å². The van der Waals surface area contributed by atoms with Crippen molar-refractivity contribution in [1.29, 1.82) is 0 Å². The Morgan fingerprint density at radius 2 is 2.08 bits per heavy atom. The highest BCUT2D eigenvalue weighted by Gasteiger charge is 2.34. The lowest BCUT2D eigenvalue weighted by Gasteiger charge is -2.33. The maximum Gasteiger partial charge on any atom is 0.225 e. The third-order valence-corrected chi connectivity index (χ3v) is 4.80. The first-order valence-corrected chi connectivity index (χ1v) is 8.58. The Bertz CT molecular complexity index is 560. The third-order valence-electron chi connectivity index (χ3n) is 4.80. The van der Waals surface area contributed by atoms with Gasteiger partial charge in [-0.2, -0.15) is 0 Å². The molecule has 0 spiro atoms. The van der Waals surface area contributed by atoms with Gasteiger partial charge in [-0.15, -0.1) is 0 Å². The van der Waals surface area contributed by atoms with Crippen molar-refractivity contribution in [1.82, 2.24) is 4.90 Å². The van der Waals surface area contributed by atoms with Crippen LogP contribution in [0.25, 0.3) is 0 Å². The number of benzene rings is 1. The molecule has 1 aliphatic rings. The smallest absolute Gasteiger partial charge is 0.225 e. The van der Waals surface area contributed by atoms with Gasteiger partial charge in [0.05, 0.1) is 18.8 Å². The topological polar surface area (TPSA) is 59.0 Å². The molecule has 0 heterocycles. The number of carbonyl (C=O) groups is 1. The van der Waals surface area contributed by atoms with Crippen LogP contribution >= 0.6 is 0 Å². The van der Waals surface area contributed by atoms with Crippen LogP contribution in [0.15, 0.2) is 18.2 Å². The molecule has 5 nitrogen and oxygen atoms in total. The summed E-state index contributed by atoms with van der Waals surface area (Å²) >= 11 is 0. The van der Waals surface area contributed by atoms with Crippen molar-refractivity contribution in [2.24, 2.45) is 5.92 Å². The van der Waals surface area contributed by atoms with Gasteiger partial charge < -0.3 is 19.5 Å². The predicted octanol–water partition coefficient (Wildman–Crippen LogP) is 2.32. The summed E-state index contributed by atoms with van der Waals surface area (Å²) in [6.07, 6.45) is 1.20. The van der Waals surface area contributed by atoms with Gasteiger partial charge in [-0.3, -0.25) is 4.79 Å². The molecule has 1 aromatic rings. The minimum Gasteiger partial charge on any atom is -0.491 e. The van der Waals surface area contributed by atoms with Crippen LogP contribution in [0, 0.1) is 19.8 Å². The maximum absolute atomic E-state index is 12.6. The minimum atomic E-state index is -0.461. The molecule has 134 valence electrons. The molecule has 3 atom stereocenters. The summed E-state index contributed by atoms with van der Waals surface area (Å²) in [5, 5.41) is 9.85. The van der Waals surface area contributed by atoms with Crippen molar-refractivity contribution in [3.8, 4) is 5.75 Å². The zero-order chi connectivity index (χ0) is 17.7. The van der Waals surface area contributed by atoms with E-state index >= 15 is 0 Å². The minimum absolute atomic E-state index is 0.0792. The Kier molecular flexibility index (Phi) is 6.63. The van der Waals surface area contributed by atoms with E-state index in [4.69, 9.17) is 9.47 Å². The number of aryl methyl sites for hydroxylation is 2. The Labute approximate surface area is 144 Å². The summed E-state index contributed by atoms with van der Waals surface area (Å²) in [6.45, 7) is 5.09. The van der Waals surface area contributed by atoms with Crippen molar-refractivity contribution >= 4 is 5.91 Å². The summed E-state index contributed by atoms with van der Waals surface area (Å²) in [7, 11) is 3.39. The van der Waals surface area contributed by atoms with Gasteiger partial charge in [-0.05, 0) is 44.7 Å². The lowest BCUT2D eigenvalue weighted by atomic mass is 9.84. The summed E-state index contributed by atoms with van der Waals surface area (Å²) in [4.78, 5) is 14.3. The highest BCUT2D eigenvalue weighted by atomic mass is 16.5. The monoisotopic (exact) mass is 335 g/mol. The standard InChI is InChI=1S/C19H29NO4/c1-13-5-8-17(14(2)11-13)24-10-9-20(3)19(22)15-6-7-16(21)18(12-15)23-4/h5,8,11,15-16,18,21H,6-7,9-10,12H2,1-4H3/t15-,16+,18-/m1/s1. The lowest BCUT2D eigenvalue weighted by molar-refractivity contribution is -0.139. The van der Waals surface area contributed by atoms with Gasteiger partial charge in [0.25, 0.3) is 0 Å². The van der Waals surface area contributed by atoms with Gasteiger partial charge in [-0.1, -0.05) is 17.7 Å². The number of hydrogen-bond acceptors (Lipinski definition) is 4. The first kappa shape index (κ1) is 18.7. The van der Waals surface area contributed by atoms with Gasteiger partial charge in [0.1, 0.15) is 12.4 Å². The number of likely N-dealkylation sites (N-methyl/N-ethyl adjacent to an activating group) is 1. The summed E-state index contributed by atoms with van der Waals surface area (Å²) in [5.41, 5.74) is 2.31. The van der Waals surface area contributed by atoms with Gasteiger partial charge in [0, 0.05) is 20.1 Å². The fraction of sp³-hybridized carbons (Fsp3) is 0.632. The molecule has 0 radical (unpaired) electrons. The van der Waals surface area contributed by atoms with Crippen LogP contribution in [0.1, 0.15) is 30.4 Å². The molecule has 1 N–H and O–H groups in total. The Morgan fingerprint density at radius 3 is 2.75 bits per heavy atom. The van der Waals surface area contributed by atoms with E-state index in [0.29, 0.717) is 32.4 Å². The number of aliphatic hydroxyl groups is 1. The molecule has 2 rings (SSSR count). The zero-order valence-corrected chi connectivity index (χ0v) is 15.1. The molecule has 24 heavy (non-hydrogen) atoms. The molecule has 1 aromatic carbocycles. The molecule has 0 unspecified atom stereocenters. The Morgan fingerprint density at radius 1 is 1.33 bits per heavy atom. The highest BCUT2D eigenvalue weighted by Crippen LogP contribution is 2.27. The molecule has 0 saturated heterocycles. The first-order valence-electron chi connectivity index (χ1n) is 8.58. The van der Waals surface area contributed by atoms with Crippen LogP contribution in [-0.2, 0) is 9.53 Å². The SMILES string of the molecule is CO[C@@H]1C[C@H](C(=O)N(C)CCOc2ccc(C)cc2C)CC[C@@H]1O. The molecule has 0 aliphatic heterocycles. The number of ether oxygens (including phenoxy) is 2. The van der Waals surface area contributed by atoms with Crippen LogP contribution in [-0.4, -0.2) is 55.4 Å². The maximum atomic E-state index is 12.6. The Hall–Kier alpha value is -1.59. The normalized spacial score (nSPS) is 23.8. The predicted molar refractivity (Wildman–Crippen MR) is 93.2 cm³/mol. The van der Waals surface area contributed by atoms with Crippen LogP contribution in [0.3, 0.4) is 0 Å². The average Bonchev–Trinajstić information content (AvgIpc) is 2.56. The van der Waals surface area contributed by atoms with Crippen LogP contribution in [0.5, 0.6) is 5.75 Å². The van der Waals surface area contributed by atoms with E-state index in [2.05, 4.69) is 13.0 Å². The number of carbonyl (C=O) groups excluding carboxylic acids is 1. The van der Waals surface area contributed by atoms with E-state index in [9.17, 15) is 9.90 Å². The second kappa shape index (κ2) is 8.49. The van der Waals surface area contributed by atoms with Crippen molar-refractivity contribution in [3.05, 3.63) is 29.3 Å². The Balaban J connectivity index is 1.81. The number of nitrogens with zero attached hydrogens (tertiary/aromatic N) is 1. The second-order valence-corrected chi connectivity index (χ2v) is 6.73. The summed E-state index contributed by atoms with van der Waals surface area (Å²) in [6, 6.07) is 6.08. The molecule has 0 aromatic heterocycles. The van der Waals surface area contributed by atoms with Gasteiger partial charge in [0.2, 0.25) is 5.91 Å². The molecule has 1 amide bonds. The molecule has 1 saturated carbocycles. The van der Waals surface area contributed by atoms with Crippen LogP contribution in [0.4, 0.5) is 0 Å². The van der Waals surface area contributed by atoms with E-state index in [1.165, 1.54) is 5.56 Å². The van der Waals surface area contributed by atoms with Crippen molar-refractivity contribution < 1.29 is 19.4 Å². The van der Waals surface area contributed by atoms with E-state index in [1.54, 1.807) is 19.1 Å². The largest absolute Gasteiger partial charge is 0.491 e. The molecule has 5 heteroatoms. The van der Waals surface area contributed by atoms with E-state index < -0.39 is 6.10 Å². The van der Waals surface area contributed by atoms with Gasteiger partial charge in [-0.25, -0.2) is 0 Å². The average molecular weight is 335 g/mol.